The van der Waals surface area contributed by atoms with Gasteiger partial charge in [0.15, 0.2) is 0 Å². The van der Waals surface area contributed by atoms with E-state index in [9.17, 15) is 0 Å². The van der Waals surface area contributed by atoms with E-state index in [-0.39, 0.29) is 0 Å². The Labute approximate surface area is 196 Å². The predicted molar refractivity (Wildman–Crippen MR) is 149 cm³/mol. The van der Waals surface area contributed by atoms with Gasteiger partial charge in [-0.1, -0.05) is 97.1 Å². The molecule has 34 heavy (non-hydrogen) atoms. The predicted octanol–water partition coefficient (Wildman–Crippen LogP) is 9.76. The molecule has 0 saturated heterocycles. The largest absolute Gasteiger partial charge is 0.0616 e. The van der Waals surface area contributed by atoms with Crippen LogP contribution >= 0.6 is 0 Å². The number of hydrogen-bond acceptors (Lipinski definition) is 0. The van der Waals surface area contributed by atoms with Crippen LogP contribution in [0.2, 0.25) is 0 Å². The van der Waals surface area contributed by atoms with Gasteiger partial charge >= 0.3 is 0 Å². The van der Waals surface area contributed by atoms with E-state index in [4.69, 9.17) is 0 Å². The number of benzene rings is 8. The van der Waals surface area contributed by atoms with Crippen LogP contribution < -0.4 is 0 Å². The standard InChI is InChI=1S/C34H20/c1-3-11-23-19-31-29(17-21(23)9-1)25-13-5-7-15-27(25)33-28-16-8-6-14-26(28)30-18-22-10-2-4-12-24(22)20-32(30)34(31)33/h1-20H. The van der Waals surface area contributed by atoms with Gasteiger partial charge in [0.25, 0.3) is 0 Å². The van der Waals surface area contributed by atoms with E-state index in [1.807, 2.05) is 0 Å². The third-order valence-corrected chi connectivity index (χ3v) is 7.53. The van der Waals surface area contributed by atoms with Gasteiger partial charge < -0.3 is 0 Å². The van der Waals surface area contributed by atoms with Crippen molar-refractivity contribution < 1.29 is 0 Å². The molecule has 8 aromatic carbocycles. The van der Waals surface area contributed by atoms with Gasteiger partial charge in [-0.15, -0.1) is 0 Å². The van der Waals surface area contributed by atoms with Crippen LogP contribution in [0.4, 0.5) is 0 Å². The highest BCUT2D eigenvalue weighted by molar-refractivity contribution is 6.40. The van der Waals surface area contributed by atoms with Crippen molar-refractivity contribution in [1.29, 1.82) is 0 Å². The molecule has 0 saturated carbocycles. The van der Waals surface area contributed by atoms with Crippen molar-refractivity contribution in [2.75, 3.05) is 0 Å². The van der Waals surface area contributed by atoms with Crippen LogP contribution in [0.15, 0.2) is 121 Å². The normalized spacial score (nSPS) is 12.1. The maximum absolute atomic E-state index is 2.41. The van der Waals surface area contributed by atoms with Crippen LogP contribution in [0.25, 0.3) is 75.4 Å². The molecule has 8 aromatic rings. The Morgan fingerprint density at radius 2 is 0.529 bits per heavy atom. The summed E-state index contributed by atoms with van der Waals surface area (Å²) in [5.74, 6) is 0. The Hall–Kier alpha value is -4.42. The third kappa shape index (κ3) is 2.32. The second-order valence-corrected chi connectivity index (χ2v) is 9.33. The van der Waals surface area contributed by atoms with Crippen molar-refractivity contribution in [3.05, 3.63) is 121 Å². The Kier molecular flexibility index (Phi) is 3.48. The molecule has 0 fully saturated rings. The molecule has 0 nitrogen and oxygen atoms in total. The van der Waals surface area contributed by atoms with Gasteiger partial charge in [0.1, 0.15) is 0 Å². The van der Waals surface area contributed by atoms with E-state index < -0.39 is 0 Å². The fourth-order valence-corrected chi connectivity index (χ4v) is 6.04. The molecule has 0 atom stereocenters. The topological polar surface area (TPSA) is 0 Å². The summed E-state index contributed by atoms with van der Waals surface area (Å²) >= 11 is 0. The highest BCUT2D eigenvalue weighted by atomic mass is 14.2. The molecule has 0 spiro atoms. The van der Waals surface area contributed by atoms with E-state index in [1.165, 1.54) is 75.4 Å². The maximum Gasteiger partial charge on any atom is -0.00134 e. The maximum atomic E-state index is 2.41. The van der Waals surface area contributed by atoms with E-state index in [2.05, 4.69) is 121 Å². The quantitative estimate of drug-likeness (QED) is 0.166. The van der Waals surface area contributed by atoms with Crippen LogP contribution in [-0.4, -0.2) is 0 Å². The smallest absolute Gasteiger partial charge is 0.00134 e. The minimum atomic E-state index is 1.29. The lowest BCUT2D eigenvalue weighted by molar-refractivity contribution is 1.78. The van der Waals surface area contributed by atoms with Gasteiger partial charge in [-0.05, 0) is 99.7 Å². The summed E-state index contributed by atoms with van der Waals surface area (Å²) in [6.45, 7) is 0. The summed E-state index contributed by atoms with van der Waals surface area (Å²) in [5.41, 5.74) is 0. The third-order valence-electron chi connectivity index (χ3n) is 7.53. The zero-order valence-corrected chi connectivity index (χ0v) is 18.5. The molecular weight excluding hydrogens is 408 g/mol. The SMILES string of the molecule is c1ccc2cc3c(cc2c1)c1ccccc1c1c2ccccc2c2cc4ccccc4cc2c31. The summed E-state index contributed by atoms with van der Waals surface area (Å²) in [4.78, 5) is 0. The van der Waals surface area contributed by atoms with Crippen molar-refractivity contribution in [2.45, 2.75) is 0 Å². The fourth-order valence-electron chi connectivity index (χ4n) is 6.04. The molecule has 156 valence electrons. The molecule has 0 aliphatic rings. The van der Waals surface area contributed by atoms with Gasteiger partial charge in [0.2, 0.25) is 0 Å². The van der Waals surface area contributed by atoms with Gasteiger partial charge in [0, 0.05) is 0 Å². The summed E-state index contributed by atoms with van der Waals surface area (Å²) in [7, 11) is 0. The highest BCUT2D eigenvalue weighted by Gasteiger charge is 2.16. The highest BCUT2D eigenvalue weighted by Crippen LogP contribution is 2.45. The van der Waals surface area contributed by atoms with E-state index in [0.29, 0.717) is 0 Å². The monoisotopic (exact) mass is 428 g/mol. The van der Waals surface area contributed by atoms with Crippen molar-refractivity contribution >= 4 is 75.4 Å². The Morgan fingerprint density at radius 3 is 0.941 bits per heavy atom. The van der Waals surface area contributed by atoms with Crippen LogP contribution in [0.3, 0.4) is 0 Å². The molecule has 8 rings (SSSR count). The molecule has 0 aromatic heterocycles. The van der Waals surface area contributed by atoms with Crippen molar-refractivity contribution in [3.63, 3.8) is 0 Å². The summed E-state index contributed by atoms with van der Waals surface area (Å²) in [6.07, 6.45) is 0. The minimum absolute atomic E-state index is 1.29. The molecule has 0 radical (unpaired) electrons. The fraction of sp³-hybridized carbons (Fsp3) is 0. The van der Waals surface area contributed by atoms with Gasteiger partial charge in [-0.25, -0.2) is 0 Å². The average Bonchev–Trinajstić information content (AvgIpc) is 2.91. The molecule has 0 heteroatoms. The lowest BCUT2D eigenvalue weighted by atomic mass is 9.85. The van der Waals surface area contributed by atoms with Crippen molar-refractivity contribution in [2.24, 2.45) is 0 Å². The summed E-state index contributed by atoms with van der Waals surface area (Å²) in [6, 6.07) is 44.9. The summed E-state index contributed by atoms with van der Waals surface area (Å²) in [5, 5.41) is 18.5. The van der Waals surface area contributed by atoms with Crippen LogP contribution in [0, 0.1) is 0 Å². The molecular formula is C34H20. The number of rotatable bonds is 0. The molecule has 0 heterocycles. The van der Waals surface area contributed by atoms with Crippen LogP contribution in [-0.2, 0) is 0 Å². The molecule has 0 bridgehead atoms. The molecule has 0 aliphatic heterocycles. The number of fused-ring (bicyclic) bond motifs is 13. The van der Waals surface area contributed by atoms with E-state index in [0.717, 1.165) is 0 Å². The summed E-state index contributed by atoms with van der Waals surface area (Å²) < 4.78 is 0. The molecule has 0 N–H and O–H groups in total. The van der Waals surface area contributed by atoms with Crippen molar-refractivity contribution in [3.8, 4) is 0 Å². The lowest BCUT2D eigenvalue weighted by Crippen LogP contribution is -1.89. The van der Waals surface area contributed by atoms with Gasteiger partial charge in [-0.3, -0.25) is 0 Å². The Bertz CT molecular complexity index is 1950. The van der Waals surface area contributed by atoms with E-state index >= 15 is 0 Å². The second kappa shape index (κ2) is 6.56. The number of hydrogen-bond donors (Lipinski definition) is 0. The second-order valence-electron chi connectivity index (χ2n) is 9.33. The van der Waals surface area contributed by atoms with Crippen LogP contribution in [0.1, 0.15) is 0 Å². The first-order valence-corrected chi connectivity index (χ1v) is 11.9. The molecule has 0 unspecified atom stereocenters. The first-order valence-electron chi connectivity index (χ1n) is 11.9. The minimum Gasteiger partial charge on any atom is -0.0616 e. The first kappa shape index (κ1) is 18.1. The zero-order chi connectivity index (χ0) is 22.2. The van der Waals surface area contributed by atoms with Gasteiger partial charge in [0.05, 0.1) is 0 Å². The van der Waals surface area contributed by atoms with Crippen molar-refractivity contribution in [1.82, 2.24) is 0 Å². The van der Waals surface area contributed by atoms with Crippen LogP contribution in [0.5, 0.6) is 0 Å². The molecule has 0 aliphatic carbocycles. The Morgan fingerprint density at radius 1 is 0.235 bits per heavy atom. The Balaban J connectivity index is 1.80. The molecule has 0 amide bonds. The zero-order valence-electron chi connectivity index (χ0n) is 18.5. The van der Waals surface area contributed by atoms with E-state index in [1.54, 1.807) is 0 Å². The average molecular weight is 429 g/mol. The first-order chi connectivity index (χ1) is 16.9. The van der Waals surface area contributed by atoms with Gasteiger partial charge in [-0.2, -0.15) is 0 Å². The lowest BCUT2D eigenvalue weighted by Gasteiger charge is -2.17.